The van der Waals surface area contributed by atoms with E-state index in [9.17, 15) is 9.59 Å². The van der Waals surface area contributed by atoms with Gasteiger partial charge in [0.2, 0.25) is 0 Å². The van der Waals surface area contributed by atoms with Gasteiger partial charge in [-0.1, -0.05) is 74.3 Å². The Morgan fingerprint density at radius 1 is 0.933 bits per heavy atom. The minimum atomic E-state index is -0.161. The molecule has 0 atom stereocenters. The second-order valence-electron chi connectivity index (χ2n) is 7.72. The first-order chi connectivity index (χ1) is 14.7. The highest BCUT2D eigenvalue weighted by Crippen LogP contribution is 2.35. The largest absolute Gasteiger partial charge is 0.308 e. The lowest BCUT2D eigenvalue weighted by molar-refractivity contribution is -0.113. The molecule has 0 unspecified atom stereocenters. The molecule has 4 aromatic rings. The van der Waals surface area contributed by atoms with Crippen LogP contribution in [0.4, 0.5) is 5.69 Å². The van der Waals surface area contributed by atoms with Crippen molar-refractivity contribution in [1.82, 2.24) is 9.38 Å². The lowest BCUT2D eigenvalue weighted by Crippen LogP contribution is -2.32. The number of anilines is 1. The topological polar surface area (TPSA) is 54.7 Å². The third kappa shape index (κ3) is 2.94. The first kappa shape index (κ1) is 19.0. The fourth-order valence-electron chi connectivity index (χ4n) is 4.26. The zero-order chi connectivity index (χ0) is 20.7. The van der Waals surface area contributed by atoms with Gasteiger partial charge in [0.25, 0.3) is 11.5 Å². The van der Waals surface area contributed by atoms with Crippen LogP contribution in [0.2, 0.25) is 0 Å². The molecule has 0 radical (unpaired) electrons. The van der Waals surface area contributed by atoms with Crippen molar-refractivity contribution in [2.75, 3.05) is 11.4 Å². The minimum Gasteiger partial charge on any atom is -0.308 e. The summed E-state index contributed by atoms with van der Waals surface area (Å²) in [5.74, 6) is -0.0717. The van der Waals surface area contributed by atoms with Gasteiger partial charge in [-0.2, -0.15) is 0 Å². The highest BCUT2D eigenvalue weighted by molar-refractivity contribution is 7.15. The van der Waals surface area contributed by atoms with Crippen LogP contribution in [-0.4, -0.2) is 21.8 Å². The molecule has 2 aromatic carbocycles. The number of unbranched alkanes of at least 4 members (excludes halogenated alkanes) is 4. The Morgan fingerprint density at radius 2 is 1.70 bits per heavy atom. The van der Waals surface area contributed by atoms with Crippen LogP contribution in [0.5, 0.6) is 0 Å². The van der Waals surface area contributed by atoms with Crippen LogP contribution in [0, 0.1) is 0 Å². The van der Waals surface area contributed by atoms with Crippen LogP contribution >= 0.6 is 11.3 Å². The molecule has 5 nitrogen and oxygen atoms in total. The molecule has 0 N–H and O–H groups in total. The number of rotatable bonds is 6. The maximum atomic E-state index is 13.4. The number of carbonyl (C=O) groups is 1. The summed E-state index contributed by atoms with van der Waals surface area (Å²) in [5.41, 5.74) is 3.69. The molecule has 1 amide bonds. The van der Waals surface area contributed by atoms with E-state index in [0.717, 1.165) is 35.1 Å². The molecule has 3 heterocycles. The molecule has 0 saturated heterocycles. The summed E-state index contributed by atoms with van der Waals surface area (Å²) in [6.07, 6.45) is 5.70. The predicted molar refractivity (Wildman–Crippen MR) is 122 cm³/mol. The number of hydrogen-bond acceptors (Lipinski definition) is 4. The van der Waals surface area contributed by atoms with Gasteiger partial charge in [-0.3, -0.25) is 9.59 Å². The van der Waals surface area contributed by atoms with Gasteiger partial charge in [0.15, 0.2) is 4.96 Å². The van der Waals surface area contributed by atoms with Crippen molar-refractivity contribution in [3.63, 3.8) is 0 Å². The summed E-state index contributed by atoms with van der Waals surface area (Å²) in [5, 5.41) is 0. The van der Waals surface area contributed by atoms with Gasteiger partial charge in [0, 0.05) is 12.1 Å². The lowest BCUT2D eigenvalue weighted by atomic mass is 10.1. The zero-order valence-electron chi connectivity index (χ0n) is 16.9. The first-order valence-electron chi connectivity index (χ1n) is 10.6. The average Bonchev–Trinajstić information content (AvgIpc) is 3.37. The van der Waals surface area contributed by atoms with E-state index < -0.39 is 0 Å². The van der Waals surface area contributed by atoms with Gasteiger partial charge < -0.3 is 4.90 Å². The quantitative estimate of drug-likeness (QED) is 0.443. The fraction of sp³-hybridized carbons (Fsp3) is 0.292. The summed E-state index contributed by atoms with van der Waals surface area (Å²) < 4.78 is 2.11. The fourth-order valence-corrected chi connectivity index (χ4v) is 5.33. The van der Waals surface area contributed by atoms with Crippen LogP contribution in [0.25, 0.3) is 21.6 Å². The van der Waals surface area contributed by atoms with Crippen molar-refractivity contribution < 1.29 is 4.79 Å². The molecule has 152 valence electrons. The number of benzene rings is 2. The number of para-hydroxylation sites is 3. The van der Waals surface area contributed by atoms with Gasteiger partial charge in [-0.25, -0.2) is 9.38 Å². The Kier molecular flexibility index (Phi) is 4.87. The van der Waals surface area contributed by atoms with Crippen molar-refractivity contribution in [2.45, 2.75) is 39.0 Å². The Bertz CT molecular complexity index is 1370. The predicted octanol–water partition coefficient (Wildman–Crippen LogP) is 4.14. The Labute approximate surface area is 178 Å². The van der Waals surface area contributed by atoms with E-state index in [0.29, 0.717) is 21.6 Å². The van der Waals surface area contributed by atoms with Crippen LogP contribution in [0.1, 0.15) is 44.6 Å². The molecule has 30 heavy (non-hydrogen) atoms. The Hall–Kier alpha value is -2.99. The number of amides is 1. The number of thiazole rings is 1. The highest BCUT2D eigenvalue weighted by Gasteiger charge is 2.33. The molecule has 0 spiro atoms. The first-order valence-corrected chi connectivity index (χ1v) is 11.4. The van der Waals surface area contributed by atoms with Crippen LogP contribution < -0.4 is 15.0 Å². The van der Waals surface area contributed by atoms with Gasteiger partial charge >= 0.3 is 0 Å². The number of hydrogen-bond donors (Lipinski definition) is 0. The van der Waals surface area contributed by atoms with E-state index in [1.165, 1.54) is 30.6 Å². The van der Waals surface area contributed by atoms with Crippen molar-refractivity contribution in [3.8, 4) is 0 Å². The maximum absolute atomic E-state index is 13.4. The molecular weight excluding hydrogens is 394 g/mol. The third-order valence-electron chi connectivity index (χ3n) is 5.76. The molecule has 0 saturated carbocycles. The van der Waals surface area contributed by atoms with Gasteiger partial charge in [0.1, 0.15) is 4.53 Å². The summed E-state index contributed by atoms with van der Waals surface area (Å²) in [7, 11) is 0. The number of fused-ring (bicyclic) bond motifs is 4. The van der Waals surface area contributed by atoms with E-state index in [2.05, 4.69) is 11.9 Å². The maximum Gasteiger partial charge on any atom is 0.275 e. The molecule has 5 rings (SSSR count). The molecule has 1 aliphatic rings. The average molecular weight is 418 g/mol. The van der Waals surface area contributed by atoms with E-state index in [1.807, 2.05) is 53.4 Å². The number of carbonyl (C=O) groups excluding carboxylic acids is 1. The molecule has 2 aromatic heterocycles. The molecular formula is C24H23N3O2S. The van der Waals surface area contributed by atoms with Crippen LogP contribution in [0.15, 0.2) is 53.3 Å². The summed E-state index contributed by atoms with van der Waals surface area (Å²) in [4.78, 5) is 33.8. The van der Waals surface area contributed by atoms with Crippen LogP contribution in [-0.2, 0) is 4.79 Å². The van der Waals surface area contributed by atoms with E-state index in [-0.39, 0.29) is 11.5 Å². The lowest BCUT2D eigenvalue weighted by Gasteiger charge is -2.16. The molecule has 0 bridgehead atoms. The summed E-state index contributed by atoms with van der Waals surface area (Å²) >= 11 is 1.31. The Balaban J connectivity index is 1.62. The number of aromatic nitrogens is 2. The molecule has 1 aliphatic heterocycles. The normalized spacial score (nSPS) is 15.5. The van der Waals surface area contributed by atoms with Crippen LogP contribution in [0.3, 0.4) is 0 Å². The SMILES string of the molecule is CCCCCCCN1C(=O)/C(=c2/sc3nc4ccccc4n3c2=O)c2ccccc21. The van der Waals surface area contributed by atoms with E-state index in [4.69, 9.17) is 0 Å². The van der Waals surface area contributed by atoms with Gasteiger partial charge in [-0.15, -0.1) is 0 Å². The number of imidazole rings is 1. The van der Waals surface area contributed by atoms with Crippen molar-refractivity contribution in [3.05, 3.63) is 69.0 Å². The second kappa shape index (κ2) is 7.69. The smallest absolute Gasteiger partial charge is 0.275 e. The standard InChI is InChI=1S/C24H23N3O2S/c1-2-3-4-5-10-15-26-18-13-8-6-11-16(18)20(22(26)28)21-23(29)27-19-14-9-7-12-17(19)25-24(27)30-21/h6-9,11-14H,2-5,10,15H2,1H3/b21-20+. The third-order valence-corrected chi connectivity index (χ3v) is 6.80. The molecule has 6 heteroatoms. The minimum absolute atomic E-state index is 0.0717. The number of nitrogens with zero attached hydrogens (tertiary/aromatic N) is 3. The molecule has 0 fully saturated rings. The molecule has 0 aliphatic carbocycles. The van der Waals surface area contributed by atoms with Crippen molar-refractivity contribution in [1.29, 1.82) is 0 Å². The zero-order valence-corrected chi connectivity index (χ0v) is 17.7. The Morgan fingerprint density at radius 3 is 2.57 bits per heavy atom. The van der Waals surface area contributed by atoms with Crippen molar-refractivity contribution in [2.24, 2.45) is 0 Å². The summed E-state index contributed by atoms with van der Waals surface area (Å²) in [6.45, 7) is 2.88. The van der Waals surface area contributed by atoms with E-state index in [1.54, 1.807) is 4.40 Å². The van der Waals surface area contributed by atoms with Gasteiger partial charge in [0.05, 0.1) is 22.3 Å². The van der Waals surface area contributed by atoms with Crippen molar-refractivity contribution >= 4 is 44.5 Å². The highest BCUT2D eigenvalue weighted by atomic mass is 32.1. The van der Waals surface area contributed by atoms with E-state index >= 15 is 0 Å². The second-order valence-corrected chi connectivity index (χ2v) is 8.70. The van der Waals surface area contributed by atoms with Gasteiger partial charge in [-0.05, 0) is 24.6 Å². The summed E-state index contributed by atoms with van der Waals surface area (Å²) in [6, 6.07) is 15.4. The monoisotopic (exact) mass is 417 g/mol.